The second-order valence-electron chi connectivity index (χ2n) is 6.05. The molecule has 4 nitrogen and oxygen atoms in total. The van der Waals surface area contributed by atoms with Crippen molar-refractivity contribution in [3.8, 4) is 5.75 Å². The Morgan fingerprint density at radius 2 is 1.76 bits per heavy atom. The van der Waals surface area contributed by atoms with Crippen molar-refractivity contribution in [2.45, 2.75) is 64.6 Å². The second-order valence-corrected chi connectivity index (χ2v) is 6.05. The number of carbonyl (C=O) groups excluding carboxylic acids is 1. The lowest BCUT2D eigenvalue weighted by atomic mass is 10.2. The summed E-state index contributed by atoms with van der Waals surface area (Å²) in [5.74, 6) is 0.919. The molecule has 1 aliphatic rings. The van der Waals surface area contributed by atoms with Crippen LogP contribution in [0.4, 0.5) is 5.69 Å². The molecule has 116 valence electrons. The molecule has 0 spiro atoms. The zero-order chi connectivity index (χ0) is 15.2. The molecule has 1 amide bonds. The zero-order valence-corrected chi connectivity index (χ0v) is 13.2. The molecular formula is C17H26N2O2. The normalized spacial score (nSPS) is 16.8. The quantitative estimate of drug-likeness (QED) is 0.845. The summed E-state index contributed by atoms with van der Waals surface area (Å²) in [5.41, 5.74) is 0.931. The van der Waals surface area contributed by atoms with Crippen LogP contribution in [0, 0.1) is 0 Å². The summed E-state index contributed by atoms with van der Waals surface area (Å²) in [5, 5.41) is 6.34. The lowest BCUT2D eigenvalue weighted by molar-refractivity contribution is -0.122. The number of nitrogens with one attached hydrogen (secondary N) is 2. The summed E-state index contributed by atoms with van der Waals surface area (Å²) < 4.78 is 5.60. The SMILES string of the molecule is CC(C)Oc1ccc(NC(C)C(=O)NC2CCCC2)cc1. The van der Waals surface area contributed by atoms with E-state index in [4.69, 9.17) is 4.74 Å². The molecule has 21 heavy (non-hydrogen) atoms. The van der Waals surface area contributed by atoms with Crippen LogP contribution in [0.1, 0.15) is 46.5 Å². The number of anilines is 1. The zero-order valence-electron chi connectivity index (χ0n) is 13.2. The van der Waals surface area contributed by atoms with E-state index in [0.717, 1.165) is 24.3 Å². The molecule has 4 heteroatoms. The van der Waals surface area contributed by atoms with Crippen LogP contribution in [-0.2, 0) is 4.79 Å². The third-order valence-electron chi connectivity index (χ3n) is 3.70. The number of ether oxygens (including phenoxy) is 1. The smallest absolute Gasteiger partial charge is 0.242 e. The average molecular weight is 290 g/mol. The third kappa shape index (κ3) is 4.96. The van der Waals surface area contributed by atoms with Crippen LogP contribution in [0.25, 0.3) is 0 Å². The van der Waals surface area contributed by atoms with Gasteiger partial charge in [-0.2, -0.15) is 0 Å². The molecule has 1 atom stereocenters. The van der Waals surface area contributed by atoms with Crippen LogP contribution >= 0.6 is 0 Å². The summed E-state index contributed by atoms with van der Waals surface area (Å²) in [6, 6.07) is 7.85. The predicted molar refractivity (Wildman–Crippen MR) is 85.7 cm³/mol. The van der Waals surface area contributed by atoms with Gasteiger partial charge in [0.2, 0.25) is 5.91 Å². The molecular weight excluding hydrogens is 264 g/mol. The van der Waals surface area contributed by atoms with Gasteiger partial charge in [0.25, 0.3) is 0 Å². The maximum Gasteiger partial charge on any atom is 0.242 e. The fraction of sp³-hybridized carbons (Fsp3) is 0.588. The highest BCUT2D eigenvalue weighted by atomic mass is 16.5. The van der Waals surface area contributed by atoms with Gasteiger partial charge in [-0.15, -0.1) is 0 Å². The molecule has 2 rings (SSSR count). The predicted octanol–water partition coefficient (Wildman–Crippen LogP) is 3.33. The minimum Gasteiger partial charge on any atom is -0.491 e. The van der Waals surface area contributed by atoms with Crippen LogP contribution in [0.15, 0.2) is 24.3 Å². The first-order chi connectivity index (χ1) is 10.0. The summed E-state index contributed by atoms with van der Waals surface area (Å²) >= 11 is 0. The molecule has 0 radical (unpaired) electrons. The second kappa shape index (κ2) is 7.34. The summed E-state index contributed by atoms with van der Waals surface area (Å²) in [6.07, 6.45) is 4.84. The van der Waals surface area contributed by atoms with Gasteiger partial charge >= 0.3 is 0 Å². The molecule has 1 saturated carbocycles. The number of carbonyl (C=O) groups is 1. The van der Waals surface area contributed by atoms with Crippen LogP contribution < -0.4 is 15.4 Å². The Morgan fingerprint density at radius 1 is 1.14 bits per heavy atom. The van der Waals surface area contributed by atoms with Crippen LogP contribution in [0.3, 0.4) is 0 Å². The van der Waals surface area contributed by atoms with Crippen LogP contribution in [0.2, 0.25) is 0 Å². The fourth-order valence-corrected chi connectivity index (χ4v) is 2.61. The molecule has 0 heterocycles. The van der Waals surface area contributed by atoms with Crippen molar-refractivity contribution < 1.29 is 9.53 Å². The van der Waals surface area contributed by atoms with E-state index in [1.165, 1.54) is 12.8 Å². The van der Waals surface area contributed by atoms with E-state index >= 15 is 0 Å². The van der Waals surface area contributed by atoms with Crippen molar-refractivity contribution in [1.29, 1.82) is 0 Å². The van der Waals surface area contributed by atoms with E-state index in [1.54, 1.807) is 0 Å². The number of hydrogen-bond acceptors (Lipinski definition) is 3. The van der Waals surface area contributed by atoms with Gasteiger partial charge in [0, 0.05) is 11.7 Å². The average Bonchev–Trinajstić information content (AvgIpc) is 2.93. The molecule has 1 aromatic rings. The number of rotatable bonds is 6. The molecule has 1 aliphatic carbocycles. The van der Waals surface area contributed by atoms with Gasteiger partial charge in [0.1, 0.15) is 11.8 Å². The van der Waals surface area contributed by atoms with Crippen LogP contribution in [-0.4, -0.2) is 24.1 Å². The Morgan fingerprint density at radius 3 is 2.33 bits per heavy atom. The first-order valence-electron chi connectivity index (χ1n) is 7.88. The van der Waals surface area contributed by atoms with Crippen molar-refractivity contribution in [2.24, 2.45) is 0 Å². The summed E-state index contributed by atoms with van der Waals surface area (Å²) in [6.45, 7) is 5.89. The molecule has 1 unspecified atom stereocenters. The van der Waals surface area contributed by atoms with Gasteiger partial charge in [0.05, 0.1) is 6.10 Å². The highest BCUT2D eigenvalue weighted by Crippen LogP contribution is 2.19. The van der Waals surface area contributed by atoms with Gasteiger partial charge in [-0.05, 0) is 57.9 Å². The molecule has 0 bridgehead atoms. The van der Waals surface area contributed by atoms with E-state index in [0.29, 0.717) is 6.04 Å². The van der Waals surface area contributed by atoms with Crippen molar-refractivity contribution in [3.63, 3.8) is 0 Å². The Labute approximate surface area is 127 Å². The third-order valence-corrected chi connectivity index (χ3v) is 3.70. The van der Waals surface area contributed by atoms with Gasteiger partial charge < -0.3 is 15.4 Å². The summed E-state index contributed by atoms with van der Waals surface area (Å²) in [4.78, 5) is 12.1. The molecule has 1 fully saturated rings. The lowest BCUT2D eigenvalue weighted by Crippen LogP contribution is -2.42. The number of hydrogen-bond donors (Lipinski definition) is 2. The van der Waals surface area contributed by atoms with Gasteiger partial charge in [-0.3, -0.25) is 4.79 Å². The van der Waals surface area contributed by atoms with Crippen LogP contribution in [0.5, 0.6) is 5.75 Å². The van der Waals surface area contributed by atoms with E-state index < -0.39 is 0 Å². The van der Waals surface area contributed by atoms with Crippen molar-refractivity contribution >= 4 is 11.6 Å². The minimum atomic E-state index is -0.234. The monoisotopic (exact) mass is 290 g/mol. The fourth-order valence-electron chi connectivity index (χ4n) is 2.61. The Bertz CT molecular complexity index is 450. The van der Waals surface area contributed by atoms with Gasteiger partial charge in [-0.25, -0.2) is 0 Å². The van der Waals surface area contributed by atoms with Crippen molar-refractivity contribution in [1.82, 2.24) is 5.32 Å². The van der Waals surface area contributed by atoms with E-state index in [2.05, 4.69) is 10.6 Å². The number of benzene rings is 1. The van der Waals surface area contributed by atoms with Gasteiger partial charge in [-0.1, -0.05) is 12.8 Å². The first-order valence-corrected chi connectivity index (χ1v) is 7.88. The molecule has 1 aromatic carbocycles. The molecule has 0 aromatic heterocycles. The Kier molecular flexibility index (Phi) is 5.48. The molecule has 0 aliphatic heterocycles. The first kappa shape index (κ1) is 15.7. The maximum atomic E-state index is 12.1. The molecule has 0 saturated heterocycles. The largest absolute Gasteiger partial charge is 0.491 e. The number of amides is 1. The highest BCUT2D eigenvalue weighted by Gasteiger charge is 2.20. The molecule has 2 N–H and O–H groups in total. The van der Waals surface area contributed by atoms with Gasteiger partial charge in [0.15, 0.2) is 0 Å². The van der Waals surface area contributed by atoms with E-state index in [1.807, 2.05) is 45.0 Å². The highest BCUT2D eigenvalue weighted by molar-refractivity contribution is 5.84. The standard InChI is InChI=1S/C17H26N2O2/c1-12(2)21-16-10-8-15(9-11-16)18-13(3)17(20)19-14-6-4-5-7-14/h8-14,18H,4-7H2,1-3H3,(H,19,20). The summed E-state index contributed by atoms with van der Waals surface area (Å²) in [7, 11) is 0. The van der Waals surface area contributed by atoms with Crippen molar-refractivity contribution in [3.05, 3.63) is 24.3 Å². The Balaban J connectivity index is 1.83. The minimum absolute atomic E-state index is 0.0735. The van der Waals surface area contributed by atoms with Crippen molar-refractivity contribution in [2.75, 3.05) is 5.32 Å². The lowest BCUT2D eigenvalue weighted by Gasteiger charge is -2.19. The maximum absolute atomic E-state index is 12.1. The van der Waals surface area contributed by atoms with E-state index in [9.17, 15) is 4.79 Å². The topological polar surface area (TPSA) is 50.4 Å². The van der Waals surface area contributed by atoms with E-state index in [-0.39, 0.29) is 18.1 Å². The Hall–Kier alpha value is -1.71.